The maximum absolute atomic E-state index is 12.4. The van der Waals surface area contributed by atoms with Crippen LogP contribution in [0.4, 0.5) is 19.0 Å². The molecule has 1 aliphatic rings. The minimum absolute atomic E-state index is 0.0687. The molecule has 0 aliphatic carbocycles. The molecule has 0 saturated carbocycles. The Balaban J connectivity index is 2.30. The Morgan fingerprint density at radius 3 is 2.69 bits per heavy atom. The zero-order valence-electron chi connectivity index (χ0n) is 7.90. The Morgan fingerprint density at radius 1 is 1.38 bits per heavy atom. The lowest BCUT2D eigenvalue weighted by atomic mass is 10.3. The fourth-order valence-corrected chi connectivity index (χ4v) is 1.90. The maximum Gasteiger partial charge on any atom is 0.433 e. The molecule has 0 amide bonds. The van der Waals surface area contributed by atoms with Crippen LogP contribution in [-0.2, 0) is 6.18 Å². The van der Waals surface area contributed by atoms with Crippen LogP contribution < -0.4 is 4.90 Å². The Hall–Kier alpha value is -1.37. The molecular weight excluding hydrogens is 241 g/mol. The van der Waals surface area contributed by atoms with E-state index < -0.39 is 11.9 Å². The number of thioether (sulfide) groups is 1. The SMILES string of the molecule is OC1=CN(c2cccc(C(F)(F)F)n2)CS1. The first kappa shape index (κ1) is 11.1. The van der Waals surface area contributed by atoms with Crippen molar-refractivity contribution in [2.75, 3.05) is 10.8 Å². The lowest BCUT2D eigenvalue weighted by Crippen LogP contribution is -2.15. The van der Waals surface area contributed by atoms with E-state index in [2.05, 4.69) is 4.98 Å². The standard InChI is InChI=1S/C9H7F3N2OS/c10-9(11,12)6-2-1-3-7(13-6)14-4-8(15)16-5-14/h1-4,15H,5H2. The molecule has 3 nitrogen and oxygen atoms in total. The molecule has 16 heavy (non-hydrogen) atoms. The van der Waals surface area contributed by atoms with Crippen molar-refractivity contribution in [1.29, 1.82) is 0 Å². The summed E-state index contributed by atoms with van der Waals surface area (Å²) in [7, 11) is 0. The third-order valence-electron chi connectivity index (χ3n) is 1.94. The Kier molecular flexibility index (Phi) is 2.71. The van der Waals surface area contributed by atoms with E-state index >= 15 is 0 Å². The fourth-order valence-electron chi connectivity index (χ4n) is 1.22. The Bertz CT molecular complexity index is 433. The van der Waals surface area contributed by atoms with E-state index in [1.165, 1.54) is 23.2 Å². The topological polar surface area (TPSA) is 36.4 Å². The molecule has 0 radical (unpaired) electrons. The number of anilines is 1. The third kappa shape index (κ3) is 2.24. The first-order valence-corrected chi connectivity index (χ1v) is 5.30. The van der Waals surface area contributed by atoms with Crippen molar-refractivity contribution >= 4 is 17.6 Å². The molecule has 0 bridgehead atoms. The molecule has 1 N–H and O–H groups in total. The molecule has 1 aliphatic heterocycles. The summed E-state index contributed by atoms with van der Waals surface area (Å²) in [4.78, 5) is 4.95. The van der Waals surface area contributed by atoms with Gasteiger partial charge in [0.05, 0.1) is 12.1 Å². The fraction of sp³-hybridized carbons (Fsp3) is 0.222. The minimum Gasteiger partial charge on any atom is -0.501 e. The van der Waals surface area contributed by atoms with E-state index in [0.717, 1.165) is 17.8 Å². The van der Waals surface area contributed by atoms with Gasteiger partial charge in [-0.05, 0) is 12.1 Å². The van der Waals surface area contributed by atoms with E-state index in [9.17, 15) is 13.2 Å². The number of aliphatic hydroxyl groups excluding tert-OH is 1. The number of halogens is 3. The van der Waals surface area contributed by atoms with Gasteiger partial charge in [0.2, 0.25) is 0 Å². The van der Waals surface area contributed by atoms with Gasteiger partial charge < -0.3 is 10.0 Å². The zero-order valence-corrected chi connectivity index (χ0v) is 8.72. The highest BCUT2D eigenvalue weighted by Crippen LogP contribution is 2.31. The summed E-state index contributed by atoms with van der Waals surface area (Å²) >= 11 is 1.13. The highest BCUT2D eigenvalue weighted by Gasteiger charge is 2.33. The van der Waals surface area contributed by atoms with Gasteiger partial charge in [0, 0.05) is 0 Å². The largest absolute Gasteiger partial charge is 0.501 e. The predicted octanol–water partition coefficient (Wildman–Crippen LogP) is 2.97. The molecule has 0 saturated heterocycles. The molecule has 0 fully saturated rings. The summed E-state index contributed by atoms with van der Waals surface area (Å²) in [5.74, 6) is 0.534. The van der Waals surface area contributed by atoms with Crippen molar-refractivity contribution in [2.24, 2.45) is 0 Å². The second-order valence-corrected chi connectivity index (χ2v) is 4.05. The van der Waals surface area contributed by atoms with Gasteiger partial charge >= 0.3 is 6.18 Å². The minimum atomic E-state index is -4.45. The van der Waals surface area contributed by atoms with Crippen molar-refractivity contribution in [3.05, 3.63) is 35.2 Å². The van der Waals surface area contributed by atoms with E-state index in [1.807, 2.05) is 0 Å². The number of aliphatic hydroxyl groups is 1. The van der Waals surface area contributed by atoms with Crippen LogP contribution >= 0.6 is 11.8 Å². The van der Waals surface area contributed by atoms with Gasteiger partial charge in [-0.15, -0.1) is 0 Å². The van der Waals surface area contributed by atoms with Crippen LogP contribution in [0.3, 0.4) is 0 Å². The van der Waals surface area contributed by atoms with Crippen molar-refractivity contribution < 1.29 is 18.3 Å². The van der Waals surface area contributed by atoms with Crippen LogP contribution in [0.15, 0.2) is 29.5 Å². The van der Waals surface area contributed by atoms with Crippen LogP contribution in [-0.4, -0.2) is 16.0 Å². The summed E-state index contributed by atoms with van der Waals surface area (Å²) < 4.78 is 37.1. The third-order valence-corrected chi connectivity index (χ3v) is 2.75. The number of alkyl halides is 3. The van der Waals surface area contributed by atoms with E-state index in [4.69, 9.17) is 5.11 Å². The van der Waals surface area contributed by atoms with Crippen molar-refractivity contribution in [2.45, 2.75) is 6.18 Å². The van der Waals surface area contributed by atoms with Gasteiger partial charge in [0.15, 0.2) is 5.09 Å². The molecular formula is C9H7F3N2OS. The molecule has 2 heterocycles. The van der Waals surface area contributed by atoms with Crippen LogP contribution in [0.1, 0.15) is 5.69 Å². The molecule has 1 aromatic rings. The maximum atomic E-state index is 12.4. The smallest absolute Gasteiger partial charge is 0.433 e. The van der Waals surface area contributed by atoms with Crippen molar-refractivity contribution in [3.8, 4) is 0 Å². The quantitative estimate of drug-likeness (QED) is 0.828. The summed E-state index contributed by atoms with van der Waals surface area (Å²) in [5, 5.41) is 9.19. The second kappa shape index (κ2) is 3.89. The van der Waals surface area contributed by atoms with Crippen LogP contribution in [0.2, 0.25) is 0 Å². The first-order valence-electron chi connectivity index (χ1n) is 4.31. The van der Waals surface area contributed by atoms with Gasteiger partial charge in [-0.3, -0.25) is 0 Å². The highest BCUT2D eigenvalue weighted by molar-refractivity contribution is 8.03. The second-order valence-electron chi connectivity index (χ2n) is 3.09. The molecule has 2 rings (SSSR count). The van der Waals surface area contributed by atoms with E-state index in [0.29, 0.717) is 5.88 Å². The van der Waals surface area contributed by atoms with Crippen molar-refractivity contribution in [1.82, 2.24) is 4.98 Å². The highest BCUT2D eigenvalue weighted by atomic mass is 32.2. The summed E-state index contributed by atoms with van der Waals surface area (Å²) in [5.41, 5.74) is -0.935. The van der Waals surface area contributed by atoms with E-state index in [-0.39, 0.29) is 10.9 Å². The monoisotopic (exact) mass is 248 g/mol. The zero-order chi connectivity index (χ0) is 11.8. The van der Waals surface area contributed by atoms with Crippen molar-refractivity contribution in [3.63, 3.8) is 0 Å². The summed E-state index contributed by atoms with van der Waals surface area (Å²) in [6.07, 6.45) is -3.10. The van der Waals surface area contributed by atoms with Gasteiger partial charge in [-0.2, -0.15) is 13.2 Å². The molecule has 0 unspecified atom stereocenters. The number of nitrogens with zero attached hydrogens (tertiary/aromatic N) is 2. The number of hydrogen-bond acceptors (Lipinski definition) is 4. The molecule has 1 aromatic heterocycles. The number of aromatic nitrogens is 1. The summed E-state index contributed by atoms with van der Waals surface area (Å²) in [6.45, 7) is 0. The van der Waals surface area contributed by atoms with Crippen LogP contribution in [0, 0.1) is 0 Å². The molecule has 86 valence electrons. The predicted molar refractivity (Wildman–Crippen MR) is 54.9 cm³/mol. The molecule has 0 aromatic carbocycles. The number of hydrogen-bond donors (Lipinski definition) is 1. The normalized spacial score (nSPS) is 16.4. The van der Waals surface area contributed by atoms with Crippen LogP contribution in [0.5, 0.6) is 0 Å². The van der Waals surface area contributed by atoms with Crippen LogP contribution in [0.25, 0.3) is 0 Å². The molecule has 0 atom stereocenters. The Labute approximate surface area is 93.6 Å². The van der Waals surface area contributed by atoms with Gasteiger partial charge in [-0.25, -0.2) is 4.98 Å². The number of rotatable bonds is 1. The molecule has 7 heteroatoms. The van der Waals surface area contributed by atoms with Gasteiger partial charge in [-0.1, -0.05) is 17.8 Å². The average molecular weight is 248 g/mol. The lowest BCUT2D eigenvalue weighted by Gasteiger charge is -2.14. The first-order chi connectivity index (χ1) is 7.47. The Morgan fingerprint density at radius 2 is 2.12 bits per heavy atom. The lowest BCUT2D eigenvalue weighted by molar-refractivity contribution is -0.141. The molecule has 0 spiro atoms. The van der Waals surface area contributed by atoms with Gasteiger partial charge in [0.25, 0.3) is 0 Å². The van der Waals surface area contributed by atoms with Gasteiger partial charge in [0.1, 0.15) is 11.5 Å². The van der Waals surface area contributed by atoms with E-state index in [1.54, 1.807) is 0 Å². The average Bonchev–Trinajstić information content (AvgIpc) is 2.64. The number of pyridine rings is 1. The summed E-state index contributed by atoms with van der Waals surface area (Å²) in [6, 6.07) is 3.67.